The van der Waals surface area contributed by atoms with E-state index in [9.17, 15) is 19.5 Å². The lowest BCUT2D eigenvalue weighted by Crippen LogP contribution is -2.54. The molecule has 150 valence electrons. The summed E-state index contributed by atoms with van der Waals surface area (Å²) in [5.41, 5.74) is -0.105. The molecule has 3 atom stereocenters. The van der Waals surface area contributed by atoms with Gasteiger partial charge >= 0.3 is 5.97 Å². The molecule has 8 heteroatoms. The van der Waals surface area contributed by atoms with Gasteiger partial charge in [0.15, 0.2) is 6.10 Å². The number of rotatable bonds is 8. The molecule has 0 aliphatic rings. The van der Waals surface area contributed by atoms with Gasteiger partial charge in [0, 0.05) is 18.1 Å². The summed E-state index contributed by atoms with van der Waals surface area (Å²) in [6, 6.07) is 2.32. The van der Waals surface area contributed by atoms with Crippen molar-refractivity contribution < 1.29 is 24.6 Å². The molecule has 0 radical (unpaired) electrons. The molecule has 4 N–H and O–H groups in total. The number of carbonyl (C=O) groups excluding carboxylic acids is 2. The van der Waals surface area contributed by atoms with Crippen LogP contribution in [0.3, 0.4) is 0 Å². The van der Waals surface area contributed by atoms with Crippen molar-refractivity contribution in [3.8, 4) is 0 Å². The summed E-state index contributed by atoms with van der Waals surface area (Å²) in [6.07, 6.45) is 1.41. The average molecular weight is 379 g/mol. The van der Waals surface area contributed by atoms with E-state index < -0.39 is 41.3 Å². The van der Waals surface area contributed by atoms with Crippen molar-refractivity contribution in [2.24, 2.45) is 17.3 Å². The van der Waals surface area contributed by atoms with Gasteiger partial charge in [-0.05, 0) is 29.9 Å². The second-order valence-corrected chi connectivity index (χ2v) is 8.05. The molecule has 8 nitrogen and oxygen atoms in total. The minimum Gasteiger partial charge on any atom is -0.479 e. The second kappa shape index (κ2) is 9.45. The fraction of sp³-hybridized carbons (Fsp3) is 0.579. The van der Waals surface area contributed by atoms with Crippen molar-refractivity contribution in [1.29, 1.82) is 0 Å². The van der Waals surface area contributed by atoms with Crippen LogP contribution < -0.4 is 10.6 Å². The molecule has 0 aliphatic carbocycles. The maximum Gasteiger partial charge on any atom is 0.333 e. The fourth-order valence-electron chi connectivity index (χ4n) is 2.63. The molecular formula is C19H29N3O5. The highest BCUT2D eigenvalue weighted by Gasteiger charge is 2.38. The smallest absolute Gasteiger partial charge is 0.333 e. The lowest BCUT2D eigenvalue weighted by Gasteiger charge is -2.32. The number of aliphatic hydroxyl groups is 1. The number of aliphatic hydroxyl groups excluding tert-OH is 1. The van der Waals surface area contributed by atoms with E-state index in [0.29, 0.717) is 5.69 Å². The molecule has 0 saturated heterocycles. The average Bonchev–Trinajstić information content (AvgIpc) is 2.56. The SMILES string of the molecule is CC(C)CC(C(=O)NC(C(=O)Nc1ccncc1)C(C)(C)C)C(O)C(=O)O. The van der Waals surface area contributed by atoms with Gasteiger partial charge in [-0.25, -0.2) is 4.79 Å². The molecular weight excluding hydrogens is 350 g/mol. The Morgan fingerprint density at radius 1 is 1.11 bits per heavy atom. The molecule has 0 bridgehead atoms. The first kappa shape index (κ1) is 22.6. The van der Waals surface area contributed by atoms with E-state index >= 15 is 0 Å². The number of carbonyl (C=O) groups is 3. The van der Waals surface area contributed by atoms with Gasteiger partial charge in [0.2, 0.25) is 11.8 Å². The van der Waals surface area contributed by atoms with Crippen LogP contribution in [-0.4, -0.2) is 45.1 Å². The minimum absolute atomic E-state index is 0.00604. The monoisotopic (exact) mass is 379 g/mol. The Morgan fingerprint density at radius 3 is 2.11 bits per heavy atom. The zero-order valence-electron chi connectivity index (χ0n) is 16.4. The Morgan fingerprint density at radius 2 is 1.67 bits per heavy atom. The van der Waals surface area contributed by atoms with Crippen LogP contribution in [0.25, 0.3) is 0 Å². The Hall–Kier alpha value is -2.48. The molecule has 0 spiro atoms. The Kier molecular flexibility index (Phi) is 7.90. The van der Waals surface area contributed by atoms with Gasteiger partial charge in [-0.3, -0.25) is 14.6 Å². The van der Waals surface area contributed by atoms with Gasteiger partial charge < -0.3 is 20.8 Å². The molecule has 1 aromatic heterocycles. The Balaban J connectivity index is 3.01. The predicted octanol–water partition coefficient (Wildman–Crippen LogP) is 1.66. The zero-order chi connectivity index (χ0) is 20.8. The van der Waals surface area contributed by atoms with Crippen LogP contribution in [0.4, 0.5) is 5.69 Å². The molecule has 1 heterocycles. The lowest BCUT2D eigenvalue weighted by atomic mass is 9.84. The van der Waals surface area contributed by atoms with Crippen molar-refractivity contribution in [3.63, 3.8) is 0 Å². The van der Waals surface area contributed by atoms with E-state index in [1.807, 2.05) is 13.8 Å². The summed E-state index contributed by atoms with van der Waals surface area (Å²) in [5, 5.41) is 24.4. The summed E-state index contributed by atoms with van der Waals surface area (Å²) in [7, 11) is 0. The number of aliphatic carboxylic acids is 1. The van der Waals surface area contributed by atoms with Crippen molar-refractivity contribution in [3.05, 3.63) is 24.5 Å². The third kappa shape index (κ3) is 6.97. The number of aromatic nitrogens is 1. The van der Waals surface area contributed by atoms with Crippen LogP contribution in [0.5, 0.6) is 0 Å². The maximum absolute atomic E-state index is 12.7. The molecule has 2 amide bonds. The van der Waals surface area contributed by atoms with Gasteiger partial charge in [-0.15, -0.1) is 0 Å². The quantitative estimate of drug-likeness (QED) is 0.544. The summed E-state index contributed by atoms with van der Waals surface area (Å²) in [4.78, 5) is 40.5. The van der Waals surface area contributed by atoms with Crippen molar-refractivity contribution in [2.45, 2.75) is 53.2 Å². The normalized spacial score (nSPS) is 14.9. The number of nitrogens with one attached hydrogen (secondary N) is 2. The number of hydrogen-bond acceptors (Lipinski definition) is 5. The van der Waals surface area contributed by atoms with E-state index in [1.165, 1.54) is 12.4 Å². The number of hydrogen-bond donors (Lipinski definition) is 4. The highest BCUT2D eigenvalue weighted by molar-refractivity contribution is 5.98. The first-order valence-corrected chi connectivity index (χ1v) is 8.85. The third-order valence-corrected chi connectivity index (χ3v) is 4.06. The highest BCUT2D eigenvalue weighted by Crippen LogP contribution is 2.23. The third-order valence-electron chi connectivity index (χ3n) is 4.06. The van der Waals surface area contributed by atoms with E-state index in [2.05, 4.69) is 15.6 Å². The number of carboxylic acids is 1. The molecule has 0 aliphatic heterocycles. The van der Waals surface area contributed by atoms with E-state index in [1.54, 1.807) is 32.9 Å². The van der Waals surface area contributed by atoms with Gasteiger partial charge in [-0.2, -0.15) is 0 Å². The number of anilines is 1. The highest BCUT2D eigenvalue weighted by atomic mass is 16.4. The second-order valence-electron chi connectivity index (χ2n) is 8.05. The summed E-state index contributed by atoms with van der Waals surface area (Å²) in [6.45, 7) is 9.01. The Labute approximate surface area is 159 Å². The summed E-state index contributed by atoms with van der Waals surface area (Å²) >= 11 is 0. The number of pyridine rings is 1. The Bertz CT molecular complexity index is 655. The van der Waals surface area contributed by atoms with Gasteiger partial charge in [-0.1, -0.05) is 34.6 Å². The van der Waals surface area contributed by atoms with Crippen LogP contribution in [-0.2, 0) is 14.4 Å². The summed E-state index contributed by atoms with van der Waals surface area (Å²) in [5.74, 6) is -3.72. The standard InChI is InChI=1S/C19H29N3O5/c1-11(2)10-13(14(23)18(26)27)16(24)22-15(19(3,4)5)17(25)21-12-6-8-20-9-7-12/h6-9,11,13-15,23H,10H2,1-5H3,(H,22,24)(H,26,27)(H,20,21,25). The van der Waals surface area contributed by atoms with Crippen LogP contribution in [0.1, 0.15) is 41.0 Å². The molecule has 1 aromatic rings. The topological polar surface area (TPSA) is 129 Å². The molecule has 3 unspecified atom stereocenters. The number of amides is 2. The van der Waals surface area contributed by atoms with Gasteiger partial charge in [0.25, 0.3) is 0 Å². The van der Waals surface area contributed by atoms with Crippen LogP contribution in [0, 0.1) is 17.3 Å². The van der Waals surface area contributed by atoms with E-state index in [4.69, 9.17) is 5.11 Å². The van der Waals surface area contributed by atoms with Crippen LogP contribution in [0.2, 0.25) is 0 Å². The molecule has 0 fully saturated rings. The predicted molar refractivity (Wildman–Crippen MR) is 101 cm³/mol. The van der Waals surface area contributed by atoms with Gasteiger partial charge in [0.1, 0.15) is 6.04 Å². The first-order valence-electron chi connectivity index (χ1n) is 8.85. The van der Waals surface area contributed by atoms with Crippen LogP contribution >= 0.6 is 0 Å². The molecule has 27 heavy (non-hydrogen) atoms. The van der Waals surface area contributed by atoms with Crippen molar-refractivity contribution >= 4 is 23.5 Å². The largest absolute Gasteiger partial charge is 0.479 e. The van der Waals surface area contributed by atoms with Crippen molar-refractivity contribution in [1.82, 2.24) is 10.3 Å². The first-order chi connectivity index (χ1) is 12.4. The van der Waals surface area contributed by atoms with E-state index in [0.717, 1.165) is 0 Å². The molecule has 0 saturated carbocycles. The molecule has 1 rings (SSSR count). The maximum atomic E-state index is 12.7. The van der Waals surface area contributed by atoms with Crippen molar-refractivity contribution in [2.75, 3.05) is 5.32 Å². The van der Waals surface area contributed by atoms with Gasteiger partial charge in [0.05, 0.1) is 5.92 Å². The van der Waals surface area contributed by atoms with Crippen LogP contribution in [0.15, 0.2) is 24.5 Å². The fourth-order valence-corrected chi connectivity index (χ4v) is 2.63. The lowest BCUT2D eigenvalue weighted by molar-refractivity contribution is -0.154. The summed E-state index contributed by atoms with van der Waals surface area (Å²) < 4.78 is 0. The number of nitrogens with zero attached hydrogens (tertiary/aromatic N) is 1. The van der Waals surface area contributed by atoms with E-state index in [-0.39, 0.29) is 12.3 Å². The number of carboxylic acid groups (broad SMARTS) is 1. The zero-order valence-corrected chi connectivity index (χ0v) is 16.4. The molecule has 0 aromatic carbocycles. The minimum atomic E-state index is -1.84.